The molecule has 9 heteroatoms. The molecule has 41 heavy (non-hydrogen) atoms. The lowest BCUT2D eigenvalue weighted by molar-refractivity contribution is -0.384. The van der Waals surface area contributed by atoms with Crippen LogP contribution in [0.15, 0.2) is 115 Å². The minimum atomic E-state index is -1.30. The first-order valence-electron chi connectivity index (χ1n) is 13.0. The van der Waals surface area contributed by atoms with E-state index in [1.54, 1.807) is 0 Å². The highest BCUT2D eigenvalue weighted by molar-refractivity contribution is 6.07. The Morgan fingerprint density at radius 1 is 0.805 bits per heavy atom. The number of hydrogen-bond donors (Lipinski definition) is 0. The molecule has 2 atom stereocenters. The van der Waals surface area contributed by atoms with Crippen molar-refractivity contribution < 1.29 is 24.0 Å². The van der Waals surface area contributed by atoms with Crippen molar-refractivity contribution in [2.45, 2.75) is 24.7 Å². The number of Topliss-reactive ketones (excluding diaryl/α,β-unsaturated/α-hetero) is 1. The maximum absolute atomic E-state index is 14.4. The lowest BCUT2D eigenvalue weighted by Gasteiger charge is -2.32. The number of hydrogen-bond acceptors (Lipinski definition) is 6. The van der Waals surface area contributed by atoms with Crippen molar-refractivity contribution in [3.63, 3.8) is 0 Å². The van der Waals surface area contributed by atoms with Crippen molar-refractivity contribution in [3.8, 4) is 0 Å². The molecule has 0 aliphatic carbocycles. The van der Waals surface area contributed by atoms with Gasteiger partial charge < -0.3 is 9.64 Å². The molecule has 0 aromatic heterocycles. The summed E-state index contributed by atoms with van der Waals surface area (Å²) in [6, 6.07) is 29.1. The van der Waals surface area contributed by atoms with Gasteiger partial charge in [0.25, 0.3) is 5.69 Å². The van der Waals surface area contributed by atoms with Gasteiger partial charge in [-0.25, -0.2) is 9.59 Å². The maximum Gasteiger partial charge on any atom is 0.331 e. The van der Waals surface area contributed by atoms with Crippen LogP contribution in [0.5, 0.6) is 0 Å². The van der Waals surface area contributed by atoms with Gasteiger partial charge in [-0.1, -0.05) is 91.0 Å². The molecule has 1 heterocycles. The van der Waals surface area contributed by atoms with E-state index in [4.69, 9.17) is 4.74 Å². The lowest BCUT2D eigenvalue weighted by atomic mass is 9.93. The van der Waals surface area contributed by atoms with E-state index in [9.17, 15) is 24.5 Å². The molecule has 5 rings (SSSR count). The second kappa shape index (κ2) is 11.8. The molecular formula is C32H27N3O6. The lowest BCUT2D eigenvalue weighted by Crippen LogP contribution is -2.49. The number of nitro groups is 1. The van der Waals surface area contributed by atoms with E-state index in [1.807, 2.05) is 91.0 Å². The van der Waals surface area contributed by atoms with Crippen LogP contribution in [-0.2, 0) is 16.1 Å². The highest BCUT2D eigenvalue weighted by Gasteiger charge is 2.56. The number of esters is 1. The zero-order valence-electron chi connectivity index (χ0n) is 22.2. The molecule has 0 saturated carbocycles. The molecule has 206 valence electrons. The Morgan fingerprint density at radius 3 is 1.80 bits per heavy atom. The van der Waals surface area contributed by atoms with E-state index >= 15 is 0 Å². The maximum atomic E-state index is 14.4. The topological polar surface area (TPSA) is 110 Å². The van der Waals surface area contributed by atoms with Crippen molar-refractivity contribution in [2.24, 2.45) is 0 Å². The van der Waals surface area contributed by atoms with Gasteiger partial charge in [-0.05, 0) is 28.8 Å². The summed E-state index contributed by atoms with van der Waals surface area (Å²) in [6.07, 6.45) is 0. The summed E-state index contributed by atoms with van der Waals surface area (Å²) in [7, 11) is 1.22. The summed E-state index contributed by atoms with van der Waals surface area (Å²) >= 11 is 0. The normalized spacial score (nSPS) is 16.6. The van der Waals surface area contributed by atoms with Crippen molar-refractivity contribution >= 4 is 23.5 Å². The van der Waals surface area contributed by atoms with E-state index in [0.29, 0.717) is 0 Å². The number of carbonyl (C=O) groups excluding carboxylic acids is 3. The molecule has 0 spiro atoms. The molecule has 0 radical (unpaired) electrons. The average Bonchev–Trinajstić information content (AvgIpc) is 3.29. The summed E-state index contributed by atoms with van der Waals surface area (Å²) in [5.74, 6) is -1.27. The van der Waals surface area contributed by atoms with Crippen molar-refractivity contribution in [2.75, 3.05) is 7.11 Å². The first kappa shape index (κ1) is 27.3. The highest BCUT2D eigenvalue weighted by Crippen LogP contribution is 2.39. The Kier molecular flexibility index (Phi) is 7.87. The Labute approximate surface area is 236 Å². The number of ether oxygens (including phenoxy) is 1. The molecule has 2 unspecified atom stereocenters. The largest absolute Gasteiger partial charge is 0.467 e. The van der Waals surface area contributed by atoms with E-state index in [1.165, 1.54) is 41.2 Å². The number of methoxy groups -OCH3 is 1. The van der Waals surface area contributed by atoms with Crippen molar-refractivity contribution in [1.82, 2.24) is 9.80 Å². The van der Waals surface area contributed by atoms with Gasteiger partial charge in [0.15, 0.2) is 11.8 Å². The van der Waals surface area contributed by atoms with Crippen LogP contribution in [0.4, 0.5) is 10.5 Å². The molecule has 1 fully saturated rings. The molecule has 0 N–H and O–H groups in total. The fourth-order valence-electron chi connectivity index (χ4n) is 5.28. The summed E-state index contributed by atoms with van der Waals surface area (Å²) < 4.78 is 5.20. The Morgan fingerprint density at radius 2 is 1.32 bits per heavy atom. The third-order valence-electron chi connectivity index (χ3n) is 7.18. The third kappa shape index (κ3) is 5.42. The number of carbonyl (C=O) groups is 3. The van der Waals surface area contributed by atoms with Crippen molar-refractivity contribution in [3.05, 3.63) is 148 Å². The quantitative estimate of drug-likeness (QED) is 0.119. The predicted octanol–water partition coefficient (Wildman–Crippen LogP) is 5.42. The zero-order chi connectivity index (χ0) is 28.9. The number of nitrogens with zero attached hydrogens (tertiary/aromatic N) is 3. The fraction of sp³-hybridized carbons (Fsp3) is 0.156. The van der Waals surface area contributed by atoms with Crippen LogP contribution in [0.25, 0.3) is 0 Å². The number of amides is 2. The van der Waals surface area contributed by atoms with Crippen LogP contribution in [0.1, 0.15) is 33.1 Å². The zero-order valence-corrected chi connectivity index (χ0v) is 22.2. The van der Waals surface area contributed by atoms with Crippen molar-refractivity contribution in [1.29, 1.82) is 0 Å². The van der Waals surface area contributed by atoms with Crippen LogP contribution < -0.4 is 0 Å². The molecule has 4 aromatic rings. The second-order valence-electron chi connectivity index (χ2n) is 9.61. The van der Waals surface area contributed by atoms with Crippen LogP contribution in [0.3, 0.4) is 0 Å². The average molecular weight is 550 g/mol. The number of nitro benzene ring substituents is 1. The molecule has 4 aromatic carbocycles. The molecule has 0 bridgehead atoms. The standard InChI is InChI=1S/C32H27N3O6/c1-41-31(37)29-28(30(36)25-17-19-26(20-18-25)35(39)40)33(21-22-11-5-2-6-12-22)32(38)34(29)27(23-13-7-3-8-14-23)24-15-9-4-10-16-24/h2-20,27-29H,21H2,1H3. The molecule has 2 amide bonds. The monoisotopic (exact) mass is 549 g/mol. The highest BCUT2D eigenvalue weighted by atomic mass is 16.6. The Bertz CT molecular complexity index is 1510. The molecule has 9 nitrogen and oxygen atoms in total. The number of ketones is 1. The number of non-ortho nitro benzene ring substituents is 1. The van der Waals surface area contributed by atoms with Gasteiger partial charge in [-0.15, -0.1) is 0 Å². The number of benzene rings is 4. The Balaban J connectivity index is 1.67. The number of rotatable bonds is 9. The van der Waals surface area contributed by atoms with E-state index in [0.717, 1.165) is 16.7 Å². The van der Waals surface area contributed by atoms with E-state index in [2.05, 4.69) is 0 Å². The van der Waals surface area contributed by atoms with Gasteiger partial charge in [-0.2, -0.15) is 0 Å². The molecule has 1 saturated heterocycles. The van der Waals surface area contributed by atoms with E-state index < -0.39 is 40.8 Å². The van der Waals surface area contributed by atoms with Crippen LogP contribution in [0.2, 0.25) is 0 Å². The van der Waals surface area contributed by atoms with Crippen LogP contribution in [0, 0.1) is 10.1 Å². The summed E-state index contributed by atoms with van der Waals surface area (Å²) in [5.41, 5.74) is 2.24. The predicted molar refractivity (Wildman–Crippen MR) is 151 cm³/mol. The minimum Gasteiger partial charge on any atom is -0.467 e. The fourth-order valence-corrected chi connectivity index (χ4v) is 5.28. The van der Waals surface area contributed by atoms with Gasteiger partial charge in [0, 0.05) is 24.2 Å². The Hall–Kier alpha value is -5.31. The number of urea groups is 1. The van der Waals surface area contributed by atoms with Gasteiger partial charge >= 0.3 is 12.0 Å². The smallest absolute Gasteiger partial charge is 0.331 e. The molecule has 1 aliphatic rings. The van der Waals surface area contributed by atoms with Gasteiger partial charge in [0.1, 0.15) is 6.04 Å². The second-order valence-corrected chi connectivity index (χ2v) is 9.61. The summed E-state index contributed by atoms with van der Waals surface area (Å²) in [4.78, 5) is 55.6. The summed E-state index contributed by atoms with van der Waals surface area (Å²) in [5, 5.41) is 11.2. The van der Waals surface area contributed by atoms with Crippen LogP contribution in [-0.4, -0.2) is 51.7 Å². The van der Waals surface area contributed by atoms with Gasteiger partial charge in [0.05, 0.1) is 18.1 Å². The summed E-state index contributed by atoms with van der Waals surface area (Å²) in [6.45, 7) is 0.0589. The third-order valence-corrected chi connectivity index (χ3v) is 7.18. The minimum absolute atomic E-state index is 0.0589. The van der Waals surface area contributed by atoms with Gasteiger partial charge in [-0.3, -0.25) is 19.8 Å². The van der Waals surface area contributed by atoms with Crippen LogP contribution >= 0.6 is 0 Å². The molecular weight excluding hydrogens is 522 g/mol. The van der Waals surface area contributed by atoms with E-state index in [-0.39, 0.29) is 17.8 Å². The molecule has 1 aliphatic heterocycles. The first-order chi connectivity index (χ1) is 19.9. The first-order valence-corrected chi connectivity index (χ1v) is 13.0. The van der Waals surface area contributed by atoms with Gasteiger partial charge in [0.2, 0.25) is 0 Å². The SMILES string of the molecule is COC(=O)C1C(C(=O)c2ccc([N+](=O)[O-])cc2)N(Cc2ccccc2)C(=O)N1C(c1ccccc1)c1ccccc1.